The van der Waals surface area contributed by atoms with Crippen LogP contribution in [0.2, 0.25) is 0 Å². The number of hydrogen-bond donors (Lipinski definition) is 4. The Hall–Kier alpha value is -2.12. The molecule has 27 heavy (non-hydrogen) atoms. The molecule has 0 saturated carbocycles. The Morgan fingerprint density at radius 1 is 1.07 bits per heavy atom. The Kier molecular flexibility index (Phi) is 8.06. The van der Waals surface area contributed by atoms with Gasteiger partial charge in [-0.15, -0.1) is 0 Å². The Bertz CT molecular complexity index is 609. The predicted octanol–water partition coefficient (Wildman–Crippen LogP) is -2.15. The maximum Gasteiger partial charge on any atom is 0.309 e. The molecule has 0 radical (unpaired) electrons. The van der Waals surface area contributed by atoms with Crippen molar-refractivity contribution in [2.75, 3.05) is 65.8 Å². The van der Waals surface area contributed by atoms with Gasteiger partial charge in [-0.25, -0.2) is 0 Å². The molecule has 1 aromatic rings. The summed E-state index contributed by atoms with van der Waals surface area (Å²) in [5.74, 6) is -1.09. The number of quaternary nitrogens is 2. The number of likely N-dealkylation sites (tertiary alicyclic amines) is 1. The highest BCUT2D eigenvalue weighted by Crippen LogP contribution is 2.17. The lowest BCUT2D eigenvalue weighted by molar-refractivity contribution is -0.918. The van der Waals surface area contributed by atoms with Crippen molar-refractivity contribution in [2.45, 2.75) is 18.9 Å². The number of nitrogens with zero attached hydrogens (tertiary/aromatic N) is 1. The van der Waals surface area contributed by atoms with Gasteiger partial charge in [-0.3, -0.25) is 9.59 Å². The van der Waals surface area contributed by atoms with E-state index in [1.165, 1.54) is 28.2 Å². The van der Waals surface area contributed by atoms with Crippen LogP contribution < -0.4 is 25.3 Å². The summed E-state index contributed by atoms with van der Waals surface area (Å²) in [5.41, 5.74) is 2.36. The van der Waals surface area contributed by atoms with Crippen LogP contribution in [0.1, 0.15) is 24.4 Å². The summed E-state index contributed by atoms with van der Waals surface area (Å²) in [4.78, 5) is 28.9. The number of anilines is 1. The monoisotopic (exact) mass is 377 g/mol. The minimum Gasteiger partial charge on any atom is -0.378 e. The molecular formula is C20H35N5O2+2. The molecule has 2 rings (SSSR count). The Morgan fingerprint density at radius 3 is 2.22 bits per heavy atom. The van der Waals surface area contributed by atoms with Gasteiger partial charge in [0.1, 0.15) is 6.04 Å². The summed E-state index contributed by atoms with van der Waals surface area (Å²) in [7, 11) is 8.07. The molecule has 1 aliphatic heterocycles. The molecule has 7 nitrogen and oxygen atoms in total. The first-order valence-corrected chi connectivity index (χ1v) is 9.85. The minimum atomic E-state index is -0.547. The summed E-state index contributed by atoms with van der Waals surface area (Å²) >= 11 is 0. The van der Waals surface area contributed by atoms with Gasteiger partial charge in [0.2, 0.25) is 0 Å². The van der Waals surface area contributed by atoms with Crippen LogP contribution in [0.4, 0.5) is 5.69 Å². The molecule has 1 heterocycles. The second-order valence-corrected chi connectivity index (χ2v) is 7.83. The van der Waals surface area contributed by atoms with E-state index >= 15 is 0 Å². The van der Waals surface area contributed by atoms with Crippen molar-refractivity contribution in [1.29, 1.82) is 0 Å². The minimum absolute atomic E-state index is 0.173. The van der Waals surface area contributed by atoms with E-state index in [2.05, 4.69) is 39.8 Å². The zero-order valence-corrected chi connectivity index (χ0v) is 17.1. The van der Waals surface area contributed by atoms with Gasteiger partial charge in [-0.05, 0) is 12.1 Å². The van der Waals surface area contributed by atoms with Gasteiger partial charge in [0, 0.05) is 38.2 Å². The molecule has 0 unspecified atom stereocenters. The second-order valence-electron chi connectivity index (χ2n) is 7.83. The quantitative estimate of drug-likeness (QED) is 0.391. The molecule has 0 bridgehead atoms. The van der Waals surface area contributed by atoms with E-state index in [-0.39, 0.29) is 6.04 Å². The van der Waals surface area contributed by atoms with E-state index in [1.807, 2.05) is 28.2 Å². The molecule has 0 aliphatic carbocycles. The van der Waals surface area contributed by atoms with Gasteiger partial charge in [0.05, 0.1) is 46.8 Å². The highest BCUT2D eigenvalue weighted by atomic mass is 16.2. The van der Waals surface area contributed by atoms with Crippen LogP contribution >= 0.6 is 0 Å². The van der Waals surface area contributed by atoms with Crippen molar-refractivity contribution in [2.24, 2.45) is 0 Å². The van der Waals surface area contributed by atoms with Gasteiger partial charge in [-0.2, -0.15) is 0 Å². The van der Waals surface area contributed by atoms with E-state index < -0.39 is 11.8 Å². The number of carbonyl (C=O) groups excluding carboxylic acids is 2. The summed E-state index contributed by atoms with van der Waals surface area (Å²) in [6.07, 6.45) is 2.42. The molecule has 1 fully saturated rings. The fourth-order valence-corrected chi connectivity index (χ4v) is 3.46. The number of carbonyl (C=O) groups is 2. The average molecular weight is 378 g/mol. The van der Waals surface area contributed by atoms with Gasteiger partial charge >= 0.3 is 11.8 Å². The van der Waals surface area contributed by atoms with Crippen molar-refractivity contribution < 1.29 is 19.4 Å². The second kappa shape index (κ2) is 10.3. The lowest BCUT2D eigenvalue weighted by Gasteiger charge is -2.25. The molecule has 4 N–H and O–H groups in total. The maximum absolute atomic E-state index is 12.2. The number of benzene rings is 1. The van der Waals surface area contributed by atoms with Crippen LogP contribution in [-0.2, 0) is 9.59 Å². The third kappa shape index (κ3) is 6.52. The third-order valence-corrected chi connectivity index (χ3v) is 5.13. The fourth-order valence-electron chi connectivity index (χ4n) is 3.46. The summed E-state index contributed by atoms with van der Waals surface area (Å²) in [5, 5.41) is 5.53. The molecule has 7 heteroatoms. The smallest absolute Gasteiger partial charge is 0.309 e. The van der Waals surface area contributed by atoms with Gasteiger partial charge < -0.3 is 25.3 Å². The number of amides is 2. The molecule has 1 aliphatic rings. The van der Waals surface area contributed by atoms with E-state index in [9.17, 15) is 9.59 Å². The zero-order valence-electron chi connectivity index (χ0n) is 17.1. The van der Waals surface area contributed by atoms with Gasteiger partial charge in [0.25, 0.3) is 0 Å². The molecule has 1 atom stereocenters. The predicted molar refractivity (Wildman–Crippen MR) is 107 cm³/mol. The summed E-state index contributed by atoms with van der Waals surface area (Å²) < 4.78 is 0. The molecule has 2 amide bonds. The van der Waals surface area contributed by atoms with E-state index in [1.54, 1.807) is 0 Å². The Labute approximate surface area is 162 Å². The number of likely N-dealkylation sites (N-methyl/N-ethyl adjacent to an activating group) is 1. The molecule has 0 spiro atoms. The molecule has 1 saturated heterocycles. The third-order valence-electron chi connectivity index (χ3n) is 5.13. The molecule has 1 aromatic carbocycles. The van der Waals surface area contributed by atoms with Crippen LogP contribution in [0.25, 0.3) is 0 Å². The number of rotatable bonds is 8. The lowest BCUT2D eigenvalue weighted by atomic mass is 10.0. The first kappa shape index (κ1) is 21.2. The Balaban J connectivity index is 1.96. The topological polar surface area (TPSA) is 70.3 Å². The lowest BCUT2D eigenvalue weighted by Crippen LogP contribution is -3.11. The maximum atomic E-state index is 12.2. The van der Waals surface area contributed by atoms with Crippen molar-refractivity contribution in [1.82, 2.24) is 10.6 Å². The zero-order chi connectivity index (χ0) is 19.8. The Morgan fingerprint density at radius 2 is 1.67 bits per heavy atom. The summed E-state index contributed by atoms with van der Waals surface area (Å²) in [6, 6.07) is 8.66. The number of hydrogen-bond acceptors (Lipinski definition) is 3. The molecule has 150 valence electrons. The van der Waals surface area contributed by atoms with E-state index in [0.717, 1.165) is 25.3 Å². The van der Waals surface area contributed by atoms with Crippen molar-refractivity contribution in [3.63, 3.8) is 0 Å². The molecule has 0 aromatic heterocycles. The van der Waals surface area contributed by atoms with Crippen LogP contribution in [0.15, 0.2) is 24.3 Å². The highest BCUT2D eigenvalue weighted by Gasteiger charge is 2.28. The van der Waals surface area contributed by atoms with Crippen LogP contribution in [0.3, 0.4) is 0 Å². The first-order chi connectivity index (χ1) is 12.9. The summed E-state index contributed by atoms with van der Waals surface area (Å²) in [6.45, 7) is 3.97. The highest BCUT2D eigenvalue weighted by molar-refractivity contribution is 6.35. The number of nitrogens with one attached hydrogen (secondary N) is 4. The normalized spacial score (nSPS) is 15.6. The van der Waals surface area contributed by atoms with Crippen LogP contribution in [0.5, 0.6) is 0 Å². The van der Waals surface area contributed by atoms with Crippen molar-refractivity contribution in [3.05, 3.63) is 29.8 Å². The first-order valence-electron chi connectivity index (χ1n) is 9.85. The van der Waals surface area contributed by atoms with E-state index in [0.29, 0.717) is 13.1 Å². The van der Waals surface area contributed by atoms with Gasteiger partial charge in [0.15, 0.2) is 0 Å². The SMILES string of the molecule is CN(C)c1ccc([C@@H](CNC(=O)C(=O)NCC[NH+](C)C)[NH+]2CCCC2)cc1. The standard InChI is InChI=1S/C20H33N5O2/c1-23(2)14-11-21-19(26)20(27)22-15-18(25-12-5-6-13-25)16-7-9-17(10-8-16)24(3)4/h7-10,18H,5-6,11-15H2,1-4H3,(H,21,26)(H,22,27)/p+2/t18-/m1/s1. The van der Waals surface area contributed by atoms with Crippen LogP contribution in [-0.4, -0.2) is 72.7 Å². The fraction of sp³-hybridized carbons (Fsp3) is 0.600. The van der Waals surface area contributed by atoms with Crippen molar-refractivity contribution in [3.8, 4) is 0 Å². The molecular weight excluding hydrogens is 342 g/mol. The van der Waals surface area contributed by atoms with Crippen molar-refractivity contribution >= 4 is 17.5 Å². The average Bonchev–Trinajstić information content (AvgIpc) is 3.16. The largest absolute Gasteiger partial charge is 0.378 e. The van der Waals surface area contributed by atoms with Gasteiger partial charge in [-0.1, -0.05) is 12.1 Å². The van der Waals surface area contributed by atoms with E-state index in [4.69, 9.17) is 0 Å². The van der Waals surface area contributed by atoms with Crippen LogP contribution in [0, 0.1) is 0 Å².